The molecular formula is C25H28N4O. The number of nitrogens with two attached hydrogens (primary N) is 1. The van der Waals surface area contributed by atoms with Crippen molar-refractivity contribution in [2.24, 2.45) is 4.99 Å². The fraction of sp³-hybridized carbons (Fsp3) is 0.200. The Balaban J connectivity index is 2.09. The van der Waals surface area contributed by atoms with Crippen molar-refractivity contribution in [3.05, 3.63) is 89.0 Å². The standard InChI is InChI=1S/C25H28N4O/c1-5-27-18(4)28-17(3)22-16-23(25(30)29(6-2)24(22)26)21-14-12-20(13-15-21)19-10-8-7-9-11-19/h7-16,27H,4-6,26H2,1-3H3. The van der Waals surface area contributed by atoms with Gasteiger partial charge in [0.15, 0.2) is 0 Å². The number of nitrogens with zero attached hydrogens (tertiary/aromatic N) is 2. The molecule has 3 N–H and O–H groups in total. The van der Waals surface area contributed by atoms with Gasteiger partial charge in [-0.3, -0.25) is 9.36 Å². The molecule has 5 heteroatoms. The maximum atomic E-state index is 13.1. The maximum absolute atomic E-state index is 13.1. The number of benzene rings is 2. The van der Waals surface area contributed by atoms with Crippen molar-refractivity contribution < 1.29 is 0 Å². The molecule has 0 bridgehead atoms. The second-order valence-electron chi connectivity index (χ2n) is 7.02. The highest BCUT2D eigenvalue weighted by molar-refractivity contribution is 6.03. The van der Waals surface area contributed by atoms with Crippen LogP contribution in [0.1, 0.15) is 26.3 Å². The van der Waals surface area contributed by atoms with E-state index >= 15 is 0 Å². The Morgan fingerprint density at radius 1 is 1.03 bits per heavy atom. The Kier molecular flexibility index (Phi) is 6.52. The molecule has 3 rings (SSSR count). The summed E-state index contributed by atoms with van der Waals surface area (Å²) in [4.78, 5) is 17.6. The Hall–Kier alpha value is -3.60. The number of pyridine rings is 1. The molecule has 0 fully saturated rings. The molecule has 0 aliphatic rings. The van der Waals surface area contributed by atoms with Gasteiger partial charge in [0.2, 0.25) is 0 Å². The first-order chi connectivity index (χ1) is 14.5. The van der Waals surface area contributed by atoms with E-state index in [1.165, 1.54) is 0 Å². The molecule has 2 aromatic carbocycles. The average Bonchev–Trinajstić information content (AvgIpc) is 2.75. The van der Waals surface area contributed by atoms with Crippen LogP contribution in [0, 0.1) is 0 Å². The van der Waals surface area contributed by atoms with Crippen molar-refractivity contribution in [2.45, 2.75) is 27.3 Å². The lowest BCUT2D eigenvalue weighted by Gasteiger charge is -2.15. The van der Waals surface area contributed by atoms with Gasteiger partial charge >= 0.3 is 0 Å². The van der Waals surface area contributed by atoms with Gasteiger partial charge < -0.3 is 11.1 Å². The third kappa shape index (κ3) is 4.35. The topological polar surface area (TPSA) is 72.4 Å². The highest BCUT2D eigenvalue weighted by Crippen LogP contribution is 2.25. The number of hydrogen-bond donors (Lipinski definition) is 2. The van der Waals surface area contributed by atoms with Crippen molar-refractivity contribution in [3.8, 4) is 22.3 Å². The van der Waals surface area contributed by atoms with Crippen LogP contribution in [0.5, 0.6) is 0 Å². The molecule has 3 aromatic rings. The smallest absolute Gasteiger partial charge is 0.260 e. The number of hydrogen-bond acceptors (Lipinski definition) is 4. The van der Waals surface area contributed by atoms with E-state index in [0.717, 1.165) is 28.8 Å². The Labute approximate surface area is 177 Å². The van der Waals surface area contributed by atoms with Crippen LogP contribution >= 0.6 is 0 Å². The lowest BCUT2D eigenvalue weighted by Crippen LogP contribution is -2.26. The van der Waals surface area contributed by atoms with E-state index in [0.29, 0.717) is 29.5 Å². The van der Waals surface area contributed by atoms with E-state index in [1.54, 1.807) is 4.57 Å². The summed E-state index contributed by atoms with van der Waals surface area (Å²) in [5.74, 6) is 0.982. The van der Waals surface area contributed by atoms with Gasteiger partial charge in [0.05, 0.1) is 5.71 Å². The van der Waals surface area contributed by atoms with Crippen molar-refractivity contribution in [1.82, 2.24) is 9.88 Å². The summed E-state index contributed by atoms with van der Waals surface area (Å²) in [6.45, 7) is 10.9. The van der Waals surface area contributed by atoms with E-state index in [9.17, 15) is 4.79 Å². The van der Waals surface area contributed by atoms with Crippen LogP contribution in [-0.4, -0.2) is 16.8 Å². The summed E-state index contributed by atoms with van der Waals surface area (Å²) in [5, 5.41) is 3.08. The van der Waals surface area contributed by atoms with Crippen LogP contribution < -0.4 is 16.6 Å². The van der Waals surface area contributed by atoms with Gasteiger partial charge in [-0.05, 0) is 43.5 Å². The van der Waals surface area contributed by atoms with E-state index in [1.807, 2.05) is 69.3 Å². The quantitative estimate of drug-likeness (QED) is 0.566. The van der Waals surface area contributed by atoms with E-state index in [2.05, 4.69) is 29.0 Å². The van der Waals surface area contributed by atoms with Gasteiger partial charge in [-0.15, -0.1) is 0 Å². The Morgan fingerprint density at radius 3 is 2.23 bits per heavy atom. The molecule has 0 spiro atoms. The van der Waals surface area contributed by atoms with Crippen molar-refractivity contribution in [2.75, 3.05) is 12.3 Å². The highest BCUT2D eigenvalue weighted by atomic mass is 16.1. The maximum Gasteiger partial charge on any atom is 0.260 e. The molecule has 0 atom stereocenters. The molecule has 0 aliphatic carbocycles. The second-order valence-corrected chi connectivity index (χ2v) is 7.02. The second kappa shape index (κ2) is 9.27. The molecule has 0 amide bonds. The minimum absolute atomic E-state index is 0.107. The van der Waals surface area contributed by atoms with Crippen LogP contribution in [0.2, 0.25) is 0 Å². The predicted octanol–water partition coefficient (Wildman–Crippen LogP) is 4.67. The Morgan fingerprint density at radius 2 is 1.63 bits per heavy atom. The monoisotopic (exact) mass is 400 g/mol. The SMILES string of the molecule is C=C(N=C(C)c1cc(-c2ccc(-c3ccccc3)cc2)c(=O)n(CC)c1N)NCC. The van der Waals surface area contributed by atoms with E-state index in [4.69, 9.17) is 5.73 Å². The van der Waals surface area contributed by atoms with Gasteiger partial charge in [0.25, 0.3) is 5.56 Å². The largest absolute Gasteiger partial charge is 0.384 e. The molecule has 0 saturated heterocycles. The van der Waals surface area contributed by atoms with Gasteiger partial charge in [-0.2, -0.15) is 0 Å². The van der Waals surface area contributed by atoms with Crippen molar-refractivity contribution in [1.29, 1.82) is 0 Å². The first-order valence-electron chi connectivity index (χ1n) is 10.1. The molecule has 5 nitrogen and oxygen atoms in total. The van der Waals surface area contributed by atoms with Gasteiger partial charge in [0.1, 0.15) is 11.6 Å². The number of aromatic nitrogens is 1. The van der Waals surface area contributed by atoms with Crippen molar-refractivity contribution >= 4 is 11.5 Å². The zero-order valence-corrected chi connectivity index (χ0v) is 17.8. The number of nitrogen functional groups attached to an aromatic ring is 1. The molecule has 154 valence electrons. The molecule has 30 heavy (non-hydrogen) atoms. The predicted molar refractivity (Wildman–Crippen MR) is 127 cm³/mol. The Bertz CT molecular complexity index is 1130. The van der Waals surface area contributed by atoms with Gasteiger partial charge in [0, 0.05) is 24.2 Å². The van der Waals surface area contributed by atoms with Crippen LogP contribution in [-0.2, 0) is 6.54 Å². The first kappa shape index (κ1) is 21.1. The van der Waals surface area contributed by atoms with E-state index in [-0.39, 0.29) is 5.56 Å². The molecule has 1 aromatic heterocycles. The lowest BCUT2D eigenvalue weighted by atomic mass is 9.99. The van der Waals surface area contributed by atoms with Gasteiger partial charge in [-0.25, -0.2) is 4.99 Å². The summed E-state index contributed by atoms with van der Waals surface area (Å²) in [7, 11) is 0. The average molecular weight is 401 g/mol. The first-order valence-corrected chi connectivity index (χ1v) is 10.1. The zero-order chi connectivity index (χ0) is 21.7. The highest BCUT2D eigenvalue weighted by Gasteiger charge is 2.15. The van der Waals surface area contributed by atoms with Crippen LogP contribution in [0.3, 0.4) is 0 Å². The summed E-state index contributed by atoms with van der Waals surface area (Å²) in [5.41, 5.74) is 11.4. The summed E-state index contributed by atoms with van der Waals surface area (Å²) in [6.07, 6.45) is 0. The summed E-state index contributed by atoms with van der Waals surface area (Å²) in [6, 6.07) is 20.0. The van der Waals surface area contributed by atoms with Crippen LogP contribution in [0.25, 0.3) is 22.3 Å². The van der Waals surface area contributed by atoms with E-state index < -0.39 is 0 Å². The fourth-order valence-corrected chi connectivity index (χ4v) is 3.47. The zero-order valence-electron chi connectivity index (χ0n) is 17.8. The summed E-state index contributed by atoms with van der Waals surface area (Å²) < 4.78 is 1.59. The minimum Gasteiger partial charge on any atom is -0.384 e. The third-order valence-corrected chi connectivity index (χ3v) is 5.02. The lowest BCUT2D eigenvalue weighted by molar-refractivity contribution is 0.740. The minimum atomic E-state index is -0.107. The number of nitrogens with one attached hydrogen (secondary N) is 1. The molecular weight excluding hydrogens is 372 g/mol. The summed E-state index contributed by atoms with van der Waals surface area (Å²) >= 11 is 0. The normalized spacial score (nSPS) is 11.4. The number of anilines is 1. The molecule has 0 radical (unpaired) electrons. The van der Waals surface area contributed by atoms with Gasteiger partial charge in [-0.1, -0.05) is 61.2 Å². The van der Waals surface area contributed by atoms with Crippen LogP contribution in [0.15, 0.2) is 82.9 Å². The van der Waals surface area contributed by atoms with Crippen molar-refractivity contribution in [3.63, 3.8) is 0 Å². The number of rotatable bonds is 7. The fourth-order valence-electron chi connectivity index (χ4n) is 3.47. The number of aliphatic imine (C=N–C) groups is 1. The third-order valence-electron chi connectivity index (χ3n) is 5.02. The van der Waals surface area contributed by atoms with Crippen LogP contribution in [0.4, 0.5) is 5.82 Å². The molecule has 0 aliphatic heterocycles. The molecule has 0 saturated carbocycles. The molecule has 0 unspecified atom stereocenters. The molecule has 1 heterocycles.